The number of rotatable bonds is 7. The molecule has 0 aliphatic carbocycles. The fourth-order valence-electron chi connectivity index (χ4n) is 3.82. The van der Waals surface area contributed by atoms with Crippen molar-refractivity contribution < 1.29 is 28.2 Å². The van der Waals surface area contributed by atoms with Gasteiger partial charge in [0.1, 0.15) is 11.9 Å². The molecule has 1 atom stereocenters. The Balaban J connectivity index is 1.62. The van der Waals surface area contributed by atoms with Gasteiger partial charge < -0.3 is 24.6 Å². The second-order valence-corrected chi connectivity index (χ2v) is 8.39. The van der Waals surface area contributed by atoms with E-state index in [9.17, 15) is 18.8 Å². The first-order chi connectivity index (χ1) is 16.2. The molecule has 0 spiro atoms. The van der Waals surface area contributed by atoms with Crippen LogP contribution in [0.2, 0.25) is 0 Å². The number of benzene rings is 2. The Bertz CT molecular complexity index is 1030. The molecule has 0 aromatic heterocycles. The molecule has 3 rings (SSSR count). The van der Waals surface area contributed by atoms with Crippen LogP contribution < -0.4 is 14.8 Å². The molecular weight excluding hydrogens is 441 g/mol. The topological polar surface area (TPSA) is 88.2 Å². The van der Waals surface area contributed by atoms with Gasteiger partial charge in [0.05, 0.1) is 14.2 Å². The molecule has 2 aromatic carbocycles. The van der Waals surface area contributed by atoms with Crippen LogP contribution in [0.3, 0.4) is 0 Å². The Morgan fingerprint density at radius 3 is 1.97 bits per heavy atom. The molecule has 8 nitrogen and oxygen atoms in total. The van der Waals surface area contributed by atoms with Crippen molar-refractivity contribution in [2.45, 2.75) is 19.9 Å². The molecular formula is C25H30FN3O5. The maximum Gasteiger partial charge on any atom is 0.254 e. The van der Waals surface area contributed by atoms with Crippen LogP contribution in [0.1, 0.15) is 34.6 Å². The normalized spacial score (nSPS) is 14.5. The third-order valence-corrected chi connectivity index (χ3v) is 5.83. The number of carbonyl (C=O) groups excluding carboxylic acids is 3. The van der Waals surface area contributed by atoms with Crippen LogP contribution >= 0.6 is 0 Å². The van der Waals surface area contributed by atoms with Crippen molar-refractivity contribution in [2.75, 3.05) is 40.4 Å². The summed E-state index contributed by atoms with van der Waals surface area (Å²) in [5.41, 5.74) is 0.759. The lowest BCUT2D eigenvalue weighted by Crippen LogP contribution is -2.57. The molecule has 0 bridgehead atoms. The van der Waals surface area contributed by atoms with E-state index in [2.05, 4.69) is 5.32 Å². The predicted octanol–water partition coefficient (Wildman–Crippen LogP) is 2.58. The molecule has 1 saturated heterocycles. The second kappa shape index (κ2) is 11.0. The third-order valence-electron chi connectivity index (χ3n) is 5.83. The van der Waals surface area contributed by atoms with E-state index in [4.69, 9.17) is 9.47 Å². The Kier molecular flexibility index (Phi) is 8.09. The Morgan fingerprint density at radius 1 is 0.853 bits per heavy atom. The SMILES string of the molecule is COc1ccc(C(=O)N2CCN(C(=O)C(NC(=O)c3ccc(F)cc3)C(C)C)CC2)cc1OC. The molecule has 0 saturated carbocycles. The molecule has 1 N–H and O–H groups in total. The highest BCUT2D eigenvalue weighted by Crippen LogP contribution is 2.28. The lowest BCUT2D eigenvalue weighted by atomic mass is 10.0. The number of methoxy groups -OCH3 is 2. The van der Waals surface area contributed by atoms with Crippen LogP contribution in [0.15, 0.2) is 42.5 Å². The summed E-state index contributed by atoms with van der Waals surface area (Å²) in [4.78, 5) is 42.1. The van der Waals surface area contributed by atoms with Gasteiger partial charge >= 0.3 is 0 Å². The molecule has 3 amide bonds. The van der Waals surface area contributed by atoms with Crippen molar-refractivity contribution in [2.24, 2.45) is 5.92 Å². The zero-order chi connectivity index (χ0) is 24.8. The molecule has 0 radical (unpaired) electrons. The van der Waals surface area contributed by atoms with E-state index in [0.29, 0.717) is 43.2 Å². The first-order valence-corrected chi connectivity index (χ1v) is 11.1. The van der Waals surface area contributed by atoms with Gasteiger partial charge in [-0.1, -0.05) is 13.8 Å². The summed E-state index contributed by atoms with van der Waals surface area (Å²) in [7, 11) is 3.04. The average molecular weight is 472 g/mol. The van der Waals surface area contributed by atoms with Crippen molar-refractivity contribution in [1.29, 1.82) is 0 Å². The number of hydrogen-bond donors (Lipinski definition) is 1. The zero-order valence-electron chi connectivity index (χ0n) is 19.8. The molecule has 2 aromatic rings. The monoisotopic (exact) mass is 471 g/mol. The highest BCUT2D eigenvalue weighted by Gasteiger charge is 2.32. The Hall–Kier alpha value is -3.62. The predicted molar refractivity (Wildman–Crippen MR) is 125 cm³/mol. The van der Waals surface area contributed by atoms with Crippen LogP contribution in [0, 0.1) is 11.7 Å². The summed E-state index contributed by atoms with van der Waals surface area (Å²) in [6.07, 6.45) is 0. The molecule has 182 valence electrons. The number of ether oxygens (including phenoxy) is 2. The fraction of sp³-hybridized carbons (Fsp3) is 0.400. The summed E-state index contributed by atoms with van der Waals surface area (Å²) in [5, 5.41) is 2.77. The zero-order valence-corrected chi connectivity index (χ0v) is 19.8. The van der Waals surface area contributed by atoms with E-state index in [1.165, 1.54) is 38.5 Å². The van der Waals surface area contributed by atoms with Crippen molar-refractivity contribution in [3.05, 3.63) is 59.4 Å². The van der Waals surface area contributed by atoms with Crippen LogP contribution in [-0.2, 0) is 4.79 Å². The van der Waals surface area contributed by atoms with Gasteiger partial charge in [-0.3, -0.25) is 14.4 Å². The number of nitrogens with one attached hydrogen (secondary N) is 1. The second-order valence-electron chi connectivity index (χ2n) is 8.39. The highest BCUT2D eigenvalue weighted by atomic mass is 19.1. The summed E-state index contributed by atoms with van der Waals surface area (Å²) in [6.45, 7) is 5.15. The first-order valence-electron chi connectivity index (χ1n) is 11.1. The minimum Gasteiger partial charge on any atom is -0.493 e. The maximum absolute atomic E-state index is 13.2. The number of carbonyl (C=O) groups is 3. The molecule has 34 heavy (non-hydrogen) atoms. The molecule has 1 aliphatic heterocycles. The number of hydrogen-bond acceptors (Lipinski definition) is 5. The summed E-state index contributed by atoms with van der Waals surface area (Å²) < 4.78 is 23.6. The number of nitrogens with zero attached hydrogens (tertiary/aromatic N) is 2. The van der Waals surface area contributed by atoms with Gasteiger partial charge in [0, 0.05) is 37.3 Å². The van der Waals surface area contributed by atoms with Gasteiger partial charge in [-0.15, -0.1) is 0 Å². The van der Waals surface area contributed by atoms with Gasteiger partial charge in [0.15, 0.2) is 11.5 Å². The molecule has 1 heterocycles. The fourth-order valence-corrected chi connectivity index (χ4v) is 3.82. The van der Waals surface area contributed by atoms with Crippen LogP contribution in [0.25, 0.3) is 0 Å². The highest BCUT2D eigenvalue weighted by molar-refractivity contribution is 5.98. The van der Waals surface area contributed by atoms with Gasteiger partial charge in [-0.25, -0.2) is 4.39 Å². The lowest BCUT2D eigenvalue weighted by Gasteiger charge is -2.37. The minimum absolute atomic E-state index is 0.150. The molecule has 1 unspecified atom stereocenters. The molecule has 1 aliphatic rings. The largest absolute Gasteiger partial charge is 0.493 e. The lowest BCUT2D eigenvalue weighted by molar-refractivity contribution is -0.135. The third kappa shape index (κ3) is 5.65. The van der Waals surface area contributed by atoms with Gasteiger partial charge in [0.2, 0.25) is 5.91 Å². The molecule has 1 fully saturated rings. The Labute approximate surface area is 198 Å². The Morgan fingerprint density at radius 2 is 1.41 bits per heavy atom. The van der Waals surface area contributed by atoms with E-state index in [1.807, 2.05) is 13.8 Å². The summed E-state index contributed by atoms with van der Waals surface area (Å²) in [5.74, 6) is -0.372. The number of piperazine rings is 1. The van der Waals surface area contributed by atoms with Crippen LogP contribution in [0.4, 0.5) is 4.39 Å². The summed E-state index contributed by atoms with van der Waals surface area (Å²) in [6, 6.07) is 9.44. The molecule has 9 heteroatoms. The van der Waals surface area contributed by atoms with Crippen LogP contribution in [-0.4, -0.2) is 74.0 Å². The quantitative estimate of drug-likeness (QED) is 0.671. The van der Waals surface area contributed by atoms with Crippen molar-refractivity contribution in [1.82, 2.24) is 15.1 Å². The number of amides is 3. The minimum atomic E-state index is -0.731. The van der Waals surface area contributed by atoms with E-state index in [-0.39, 0.29) is 23.3 Å². The van der Waals surface area contributed by atoms with E-state index in [0.717, 1.165) is 0 Å². The van der Waals surface area contributed by atoms with Crippen LogP contribution in [0.5, 0.6) is 11.5 Å². The van der Waals surface area contributed by atoms with Gasteiger partial charge in [0.25, 0.3) is 11.8 Å². The maximum atomic E-state index is 13.2. The van der Waals surface area contributed by atoms with Crippen molar-refractivity contribution >= 4 is 17.7 Å². The number of halogens is 1. The van der Waals surface area contributed by atoms with E-state index in [1.54, 1.807) is 28.0 Å². The van der Waals surface area contributed by atoms with Crippen molar-refractivity contribution in [3.8, 4) is 11.5 Å². The van der Waals surface area contributed by atoms with Gasteiger partial charge in [-0.05, 0) is 48.4 Å². The van der Waals surface area contributed by atoms with E-state index >= 15 is 0 Å². The standard InChI is InChI=1S/C25H30FN3O5/c1-16(2)22(27-23(30)17-5-8-19(26)9-6-17)25(32)29-13-11-28(12-14-29)24(31)18-7-10-20(33-3)21(15-18)34-4/h5-10,15-16,22H,11-14H2,1-4H3,(H,27,30). The smallest absolute Gasteiger partial charge is 0.254 e. The van der Waals surface area contributed by atoms with Crippen molar-refractivity contribution in [3.63, 3.8) is 0 Å². The summed E-state index contributed by atoms with van der Waals surface area (Å²) >= 11 is 0. The first kappa shape index (κ1) is 25.0. The van der Waals surface area contributed by atoms with E-state index < -0.39 is 17.8 Å². The average Bonchev–Trinajstić information content (AvgIpc) is 2.86. The van der Waals surface area contributed by atoms with Gasteiger partial charge in [-0.2, -0.15) is 0 Å².